The topological polar surface area (TPSA) is 63.8 Å². The van der Waals surface area contributed by atoms with Crippen LogP contribution in [-0.4, -0.2) is 29.4 Å². The van der Waals surface area contributed by atoms with Crippen LogP contribution in [-0.2, 0) is 12.5 Å². The zero-order valence-corrected chi connectivity index (χ0v) is 13.3. The average molecular weight is 306 g/mol. The number of nitrogens with one attached hydrogen (secondary N) is 1. The molecule has 0 spiro atoms. The zero-order chi connectivity index (χ0) is 14.7. The van der Waals surface area contributed by atoms with Crippen LogP contribution in [0.3, 0.4) is 0 Å². The van der Waals surface area contributed by atoms with Crippen LogP contribution in [0, 0.1) is 9.28 Å². The third-order valence-electron chi connectivity index (χ3n) is 3.14. The largest absolute Gasteiger partial charge is 0.326 e. The molecule has 3 rings (SSSR count). The van der Waals surface area contributed by atoms with Crippen molar-refractivity contribution >= 4 is 41.1 Å². The number of hydrogen-bond acceptors (Lipinski definition) is 5. The van der Waals surface area contributed by atoms with Crippen LogP contribution in [0.25, 0.3) is 16.7 Å². The Bertz CT molecular complexity index is 941. The molecule has 0 aliphatic heterocycles. The second kappa shape index (κ2) is 4.16. The summed E-state index contributed by atoms with van der Waals surface area (Å²) in [6.45, 7) is 6.16. The molecule has 1 N–H and O–H groups in total. The summed E-state index contributed by atoms with van der Waals surface area (Å²) in [5.41, 5.74) is 1.88. The SMILES string of the molecule is Cn1cnc2[nH]n3c(=S)c(C(C)(C)C)nnc3c2c1=S. The summed E-state index contributed by atoms with van der Waals surface area (Å²) in [6, 6.07) is 0. The van der Waals surface area contributed by atoms with E-state index in [0.29, 0.717) is 20.6 Å². The monoisotopic (exact) mass is 306 g/mol. The van der Waals surface area contributed by atoms with Gasteiger partial charge in [-0.25, -0.2) is 9.50 Å². The van der Waals surface area contributed by atoms with Crippen LogP contribution >= 0.6 is 24.4 Å². The second-order valence-electron chi connectivity index (χ2n) is 5.76. The third-order valence-corrected chi connectivity index (χ3v) is 4.01. The predicted molar refractivity (Wildman–Crippen MR) is 82.0 cm³/mol. The van der Waals surface area contributed by atoms with Crippen LogP contribution in [0.1, 0.15) is 26.5 Å². The minimum atomic E-state index is -0.169. The minimum absolute atomic E-state index is 0.169. The van der Waals surface area contributed by atoms with Gasteiger partial charge in [-0.3, -0.25) is 5.10 Å². The fourth-order valence-electron chi connectivity index (χ4n) is 2.05. The molecule has 3 heterocycles. The van der Waals surface area contributed by atoms with Crippen molar-refractivity contribution in [3.8, 4) is 0 Å². The Labute approximate surface area is 125 Å². The highest BCUT2D eigenvalue weighted by atomic mass is 32.1. The maximum atomic E-state index is 5.52. The predicted octanol–water partition coefficient (Wildman–Crippen LogP) is 2.70. The van der Waals surface area contributed by atoms with Gasteiger partial charge in [0.1, 0.15) is 15.7 Å². The summed E-state index contributed by atoms with van der Waals surface area (Å²) >= 11 is 10.9. The number of H-pyrrole nitrogens is 1. The summed E-state index contributed by atoms with van der Waals surface area (Å²) < 4.78 is 4.77. The number of rotatable bonds is 0. The third kappa shape index (κ3) is 1.79. The Hall–Kier alpha value is -1.67. The number of fused-ring (bicyclic) bond motifs is 3. The molecule has 0 amide bonds. The molecule has 0 aliphatic carbocycles. The Balaban J connectivity index is 2.54. The molecule has 3 aromatic rings. The first-order valence-electron chi connectivity index (χ1n) is 6.14. The van der Waals surface area contributed by atoms with Gasteiger partial charge in [0.25, 0.3) is 0 Å². The van der Waals surface area contributed by atoms with Crippen molar-refractivity contribution in [3.05, 3.63) is 21.3 Å². The van der Waals surface area contributed by atoms with E-state index in [9.17, 15) is 0 Å². The highest BCUT2D eigenvalue weighted by Gasteiger charge is 2.21. The second-order valence-corrected chi connectivity index (χ2v) is 6.53. The molecular formula is C12H14N6S2. The van der Waals surface area contributed by atoms with Crippen LogP contribution in [0.2, 0.25) is 0 Å². The molecule has 0 radical (unpaired) electrons. The first-order chi connectivity index (χ1) is 9.30. The summed E-state index contributed by atoms with van der Waals surface area (Å²) in [5, 5.41) is 12.5. The molecule has 0 aliphatic rings. The fraction of sp³-hybridized carbons (Fsp3) is 0.417. The quantitative estimate of drug-likeness (QED) is 0.647. The zero-order valence-electron chi connectivity index (χ0n) is 11.6. The molecule has 0 bridgehead atoms. The van der Waals surface area contributed by atoms with Gasteiger partial charge in [-0.1, -0.05) is 45.2 Å². The van der Waals surface area contributed by atoms with Crippen molar-refractivity contribution in [1.82, 2.24) is 29.4 Å². The van der Waals surface area contributed by atoms with Crippen LogP contribution in [0.15, 0.2) is 6.33 Å². The number of aromatic nitrogens is 6. The number of aryl methyl sites for hydroxylation is 1. The van der Waals surface area contributed by atoms with E-state index in [1.165, 1.54) is 0 Å². The van der Waals surface area contributed by atoms with Crippen LogP contribution in [0.4, 0.5) is 0 Å². The Morgan fingerprint density at radius 2 is 1.85 bits per heavy atom. The molecule has 8 heteroatoms. The maximum absolute atomic E-state index is 5.52. The number of nitrogens with zero attached hydrogens (tertiary/aromatic N) is 5. The van der Waals surface area contributed by atoms with Crippen LogP contribution in [0.5, 0.6) is 0 Å². The van der Waals surface area contributed by atoms with E-state index in [-0.39, 0.29) is 5.41 Å². The summed E-state index contributed by atoms with van der Waals surface area (Å²) in [4.78, 5) is 4.32. The molecule has 0 saturated carbocycles. The molecule has 0 saturated heterocycles. The first-order valence-corrected chi connectivity index (χ1v) is 6.95. The highest BCUT2D eigenvalue weighted by molar-refractivity contribution is 7.71. The van der Waals surface area contributed by atoms with Crippen molar-refractivity contribution in [1.29, 1.82) is 0 Å². The molecule has 0 aromatic carbocycles. The molecular weight excluding hydrogens is 292 g/mol. The van der Waals surface area contributed by atoms with E-state index in [4.69, 9.17) is 24.4 Å². The molecule has 20 heavy (non-hydrogen) atoms. The minimum Gasteiger partial charge on any atom is -0.326 e. The fourth-order valence-corrected chi connectivity index (χ4v) is 2.77. The molecule has 104 valence electrons. The molecule has 3 aromatic heterocycles. The molecule has 0 fully saturated rings. The van der Waals surface area contributed by atoms with Gasteiger partial charge in [0.15, 0.2) is 15.9 Å². The average Bonchev–Trinajstić information content (AvgIpc) is 2.73. The summed E-state index contributed by atoms with van der Waals surface area (Å²) in [5.74, 6) is 0. The van der Waals surface area contributed by atoms with Gasteiger partial charge < -0.3 is 4.57 Å². The highest BCUT2D eigenvalue weighted by Crippen LogP contribution is 2.23. The van der Waals surface area contributed by atoms with Crippen molar-refractivity contribution in [3.63, 3.8) is 0 Å². The van der Waals surface area contributed by atoms with E-state index in [2.05, 4.69) is 41.1 Å². The van der Waals surface area contributed by atoms with E-state index in [0.717, 1.165) is 11.1 Å². The normalized spacial score (nSPS) is 12.4. The van der Waals surface area contributed by atoms with Crippen LogP contribution < -0.4 is 0 Å². The Kier molecular flexibility index (Phi) is 2.77. The molecule has 0 unspecified atom stereocenters. The lowest BCUT2D eigenvalue weighted by atomic mass is 9.93. The lowest BCUT2D eigenvalue weighted by molar-refractivity contribution is 0.548. The van der Waals surface area contributed by atoms with Gasteiger partial charge in [-0.2, -0.15) is 0 Å². The van der Waals surface area contributed by atoms with Crippen molar-refractivity contribution in [2.24, 2.45) is 7.05 Å². The summed E-state index contributed by atoms with van der Waals surface area (Å²) in [7, 11) is 1.85. The van der Waals surface area contributed by atoms with Crippen molar-refractivity contribution in [2.75, 3.05) is 0 Å². The van der Waals surface area contributed by atoms with E-state index < -0.39 is 0 Å². The molecule has 6 nitrogen and oxygen atoms in total. The van der Waals surface area contributed by atoms with Gasteiger partial charge >= 0.3 is 0 Å². The van der Waals surface area contributed by atoms with Gasteiger partial charge in [-0.15, -0.1) is 10.2 Å². The lowest BCUT2D eigenvalue weighted by Gasteiger charge is -2.16. The van der Waals surface area contributed by atoms with Gasteiger partial charge in [0.2, 0.25) is 0 Å². The van der Waals surface area contributed by atoms with Crippen molar-refractivity contribution < 1.29 is 0 Å². The Morgan fingerprint density at radius 1 is 1.15 bits per heavy atom. The number of aromatic amines is 1. The van der Waals surface area contributed by atoms with E-state index in [1.54, 1.807) is 15.4 Å². The van der Waals surface area contributed by atoms with E-state index in [1.807, 2.05) is 7.05 Å². The Morgan fingerprint density at radius 3 is 2.50 bits per heavy atom. The lowest BCUT2D eigenvalue weighted by Crippen LogP contribution is -2.17. The molecule has 0 atom stereocenters. The first kappa shape index (κ1) is 13.3. The maximum Gasteiger partial charge on any atom is 0.189 e. The van der Waals surface area contributed by atoms with Gasteiger partial charge in [0, 0.05) is 12.5 Å². The van der Waals surface area contributed by atoms with Gasteiger partial charge in [-0.05, 0) is 0 Å². The van der Waals surface area contributed by atoms with Crippen molar-refractivity contribution in [2.45, 2.75) is 26.2 Å². The van der Waals surface area contributed by atoms with Gasteiger partial charge in [0.05, 0.1) is 6.33 Å². The number of hydrogen-bond donors (Lipinski definition) is 1. The van der Waals surface area contributed by atoms with E-state index >= 15 is 0 Å². The summed E-state index contributed by atoms with van der Waals surface area (Å²) in [6.07, 6.45) is 1.67. The standard InChI is InChI=1S/C12H14N6S2/c1-12(2,3)7-11(20)18-9(15-14-7)6-8(16-18)13-5-17(4)10(6)19/h5,16H,1-4H3. The smallest absolute Gasteiger partial charge is 0.189 e.